The van der Waals surface area contributed by atoms with Crippen molar-refractivity contribution in [1.82, 2.24) is 0 Å². The zero-order valence-electron chi connectivity index (χ0n) is 8.93. The predicted molar refractivity (Wildman–Crippen MR) is 60.9 cm³/mol. The average Bonchev–Trinajstić information content (AvgIpc) is 1.93. The van der Waals surface area contributed by atoms with Crippen LogP contribution in [-0.2, 0) is 4.74 Å². The lowest BCUT2D eigenvalue weighted by Crippen LogP contribution is -2.12. The molecule has 0 amide bonds. The first-order chi connectivity index (χ1) is 5.92. The first kappa shape index (κ1) is 12.8. The third-order valence-electron chi connectivity index (χ3n) is 1.71. The number of hydrogen-bond acceptors (Lipinski definition) is 2. The highest BCUT2D eigenvalue weighted by Crippen LogP contribution is 2.17. The Morgan fingerprint density at radius 2 is 1.92 bits per heavy atom. The molecule has 0 aliphatic carbocycles. The fraction of sp³-hybridized carbons (Fsp3) is 0.900. The molecule has 2 N–H and O–H groups in total. The van der Waals surface area contributed by atoms with Gasteiger partial charge < -0.3 is 10.5 Å². The van der Waals surface area contributed by atoms with E-state index in [4.69, 9.17) is 22.7 Å². The lowest BCUT2D eigenvalue weighted by molar-refractivity contribution is 0.107. The van der Waals surface area contributed by atoms with Crippen LogP contribution in [0.25, 0.3) is 0 Å². The molecule has 3 heteroatoms. The largest absolute Gasteiger partial charge is 0.393 e. The van der Waals surface area contributed by atoms with E-state index in [9.17, 15) is 0 Å². The van der Waals surface area contributed by atoms with Crippen molar-refractivity contribution in [3.63, 3.8) is 0 Å². The number of hydrogen-bond donors (Lipinski definition) is 1. The van der Waals surface area contributed by atoms with Crippen LogP contribution in [0.3, 0.4) is 0 Å². The van der Waals surface area contributed by atoms with E-state index in [-0.39, 0.29) is 0 Å². The van der Waals surface area contributed by atoms with E-state index in [2.05, 4.69) is 20.8 Å². The quantitative estimate of drug-likeness (QED) is 0.532. The minimum atomic E-state index is 0.364. The van der Waals surface area contributed by atoms with Crippen LogP contribution in [-0.4, -0.2) is 18.2 Å². The molecule has 0 bridgehead atoms. The summed E-state index contributed by atoms with van der Waals surface area (Å²) < 4.78 is 5.44. The molecule has 0 unspecified atom stereocenters. The predicted octanol–water partition coefficient (Wildman–Crippen LogP) is 2.51. The van der Waals surface area contributed by atoms with Crippen LogP contribution in [0.2, 0.25) is 0 Å². The fourth-order valence-corrected chi connectivity index (χ4v) is 0.973. The van der Waals surface area contributed by atoms with Gasteiger partial charge >= 0.3 is 0 Å². The highest BCUT2D eigenvalue weighted by atomic mass is 32.1. The molecule has 2 nitrogen and oxygen atoms in total. The minimum Gasteiger partial charge on any atom is -0.393 e. The lowest BCUT2D eigenvalue weighted by Gasteiger charge is -2.17. The molecule has 13 heavy (non-hydrogen) atoms. The maximum atomic E-state index is 5.44. The third kappa shape index (κ3) is 11.9. The summed E-state index contributed by atoms with van der Waals surface area (Å²) in [6.07, 6.45) is 2.84. The van der Waals surface area contributed by atoms with Gasteiger partial charge in [-0.05, 0) is 24.7 Å². The zero-order chi connectivity index (χ0) is 10.3. The summed E-state index contributed by atoms with van der Waals surface area (Å²) in [5.41, 5.74) is 5.72. The highest BCUT2D eigenvalue weighted by Gasteiger charge is 2.08. The number of nitrogens with two attached hydrogens (primary N) is 1. The average molecular weight is 203 g/mol. The van der Waals surface area contributed by atoms with Crippen molar-refractivity contribution in [2.45, 2.75) is 40.0 Å². The van der Waals surface area contributed by atoms with Crippen molar-refractivity contribution < 1.29 is 4.74 Å². The van der Waals surface area contributed by atoms with Gasteiger partial charge in [0, 0.05) is 13.2 Å². The maximum absolute atomic E-state index is 5.44. The topological polar surface area (TPSA) is 35.2 Å². The number of ether oxygens (including phenoxy) is 1. The van der Waals surface area contributed by atoms with Gasteiger partial charge in [-0.2, -0.15) is 0 Å². The fourth-order valence-electron chi connectivity index (χ4n) is 0.829. The maximum Gasteiger partial charge on any atom is 0.0728 e. The van der Waals surface area contributed by atoms with Crippen LogP contribution in [0, 0.1) is 5.41 Å². The molecule has 0 fully saturated rings. The molecular formula is C10H21NOS. The Bertz CT molecular complexity index is 151. The van der Waals surface area contributed by atoms with Crippen LogP contribution in [0.15, 0.2) is 0 Å². The summed E-state index contributed by atoms with van der Waals surface area (Å²) >= 11 is 4.75. The van der Waals surface area contributed by atoms with E-state index >= 15 is 0 Å². The van der Waals surface area contributed by atoms with Gasteiger partial charge in [0.05, 0.1) is 4.99 Å². The first-order valence-electron chi connectivity index (χ1n) is 4.78. The first-order valence-corrected chi connectivity index (χ1v) is 5.19. The van der Waals surface area contributed by atoms with E-state index in [1.54, 1.807) is 0 Å². The van der Waals surface area contributed by atoms with Gasteiger partial charge in [-0.25, -0.2) is 0 Å². The molecule has 78 valence electrons. The van der Waals surface area contributed by atoms with Crippen LogP contribution in [0.5, 0.6) is 0 Å². The van der Waals surface area contributed by atoms with E-state index < -0.39 is 0 Å². The smallest absolute Gasteiger partial charge is 0.0728 e. The van der Waals surface area contributed by atoms with E-state index in [1.165, 1.54) is 0 Å². The van der Waals surface area contributed by atoms with Gasteiger partial charge in [0.15, 0.2) is 0 Å². The highest BCUT2D eigenvalue weighted by molar-refractivity contribution is 7.80. The Morgan fingerprint density at radius 3 is 2.38 bits per heavy atom. The van der Waals surface area contributed by atoms with E-state index in [1.807, 2.05) is 0 Å². The SMILES string of the molecule is CC(C)(C)CCOCCCC(N)=S. The Hall–Kier alpha value is -0.150. The van der Waals surface area contributed by atoms with Crippen LogP contribution < -0.4 is 5.73 Å². The summed E-state index contributed by atoms with van der Waals surface area (Å²) in [7, 11) is 0. The third-order valence-corrected chi connectivity index (χ3v) is 1.91. The van der Waals surface area contributed by atoms with Crippen molar-refractivity contribution >= 4 is 17.2 Å². The summed E-state index contributed by atoms with van der Waals surface area (Å²) in [5.74, 6) is 0. The minimum absolute atomic E-state index is 0.364. The molecule has 0 aliphatic rings. The summed E-state index contributed by atoms with van der Waals surface area (Å²) in [5, 5.41) is 0. The van der Waals surface area contributed by atoms with Crippen LogP contribution in [0.4, 0.5) is 0 Å². The van der Waals surface area contributed by atoms with E-state index in [0.717, 1.165) is 32.5 Å². The molecule has 0 aromatic rings. The Kier molecular flexibility index (Phi) is 6.25. The zero-order valence-corrected chi connectivity index (χ0v) is 9.75. The van der Waals surface area contributed by atoms with Gasteiger partial charge in [0.1, 0.15) is 0 Å². The van der Waals surface area contributed by atoms with Gasteiger partial charge in [0.2, 0.25) is 0 Å². The van der Waals surface area contributed by atoms with Gasteiger partial charge in [-0.3, -0.25) is 0 Å². The number of rotatable bonds is 6. The lowest BCUT2D eigenvalue weighted by atomic mass is 9.93. The van der Waals surface area contributed by atoms with Crippen molar-refractivity contribution in [1.29, 1.82) is 0 Å². The summed E-state index contributed by atoms with van der Waals surface area (Å²) in [6, 6.07) is 0. The monoisotopic (exact) mass is 203 g/mol. The van der Waals surface area contributed by atoms with Crippen molar-refractivity contribution in [3.8, 4) is 0 Å². The molecule has 0 saturated carbocycles. The molecule has 0 radical (unpaired) electrons. The standard InChI is InChI=1S/C10H21NOS/c1-10(2,3)6-8-12-7-4-5-9(11)13/h4-8H2,1-3H3,(H2,11,13). The molecule has 0 aliphatic heterocycles. The van der Waals surface area contributed by atoms with Crippen molar-refractivity contribution in [2.75, 3.05) is 13.2 Å². The van der Waals surface area contributed by atoms with E-state index in [0.29, 0.717) is 10.4 Å². The molecule has 0 saturated heterocycles. The van der Waals surface area contributed by atoms with Crippen LogP contribution >= 0.6 is 12.2 Å². The Balaban J connectivity index is 3.13. The van der Waals surface area contributed by atoms with Crippen molar-refractivity contribution in [3.05, 3.63) is 0 Å². The second kappa shape index (κ2) is 6.33. The second-order valence-electron chi connectivity index (χ2n) is 4.49. The molecule has 0 spiro atoms. The molecular weight excluding hydrogens is 182 g/mol. The second-order valence-corrected chi connectivity index (χ2v) is 5.02. The summed E-state index contributed by atoms with van der Waals surface area (Å²) in [6.45, 7) is 8.25. The van der Waals surface area contributed by atoms with Gasteiger partial charge in [-0.1, -0.05) is 33.0 Å². The van der Waals surface area contributed by atoms with Crippen LogP contribution in [0.1, 0.15) is 40.0 Å². The van der Waals surface area contributed by atoms with Gasteiger partial charge in [-0.15, -0.1) is 0 Å². The van der Waals surface area contributed by atoms with Gasteiger partial charge in [0.25, 0.3) is 0 Å². The number of thiocarbonyl (C=S) groups is 1. The molecule has 0 aromatic heterocycles. The Morgan fingerprint density at radius 1 is 1.31 bits per heavy atom. The molecule has 0 aromatic carbocycles. The Labute approximate surface area is 86.8 Å². The molecule has 0 atom stereocenters. The summed E-state index contributed by atoms with van der Waals surface area (Å²) in [4.78, 5) is 0.583. The normalized spacial score (nSPS) is 11.6. The molecule has 0 heterocycles. The molecule has 0 rings (SSSR count). The van der Waals surface area contributed by atoms with Crippen molar-refractivity contribution in [2.24, 2.45) is 11.1 Å².